The van der Waals surface area contributed by atoms with E-state index in [1.54, 1.807) is 6.20 Å². The smallest absolute Gasteiger partial charge is 0.0659 e. The molecule has 1 aromatic carbocycles. The Bertz CT molecular complexity index is 329. The van der Waals surface area contributed by atoms with Gasteiger partial charge in [0.2, 0.25) is 0 Å². The normalized spacial score (nSPS) is 9.23. The van der Waals surface area contributed by atoms with E-state index < -0.39 is 0 Å². The SMILES string of the molecule is Cl.c1ccc(Cn2cccn2)cc1. The molecule has 2 rings (SSSR count). The van der Waals surface area contributed by atoms with Gasteiger partial charge in [0.05, 0.1) is 6.54 Å². The van der Waals surface area contributed by atoms with E-state index in [2.05, 4.69) is 17.2 Å². The molecule has 0 aliphatic carbocycles. The van der Waals surface area contributed by atoms with Crippen molar-refractivity contribution in [3.63, 3.8) is 0 Å². The summed E-state index contributed by atoms with van der Waals surface area (Å²) in [6, 6.07) is 12.2. The van der Waals surface area contributed by atoms with Crippen LogP contribution in [-0.4, -0.2) is 9.78 Å². The Morgan fingerprint density at radius 2 is 1.85 bits per heavy atom. The van der Waals surface area contributed by atoms with Crippen molar-refractivity contribution in [2.45, 2.75) is 6.54 Å². The van der Waals surface area contributed by atoms with E-state index in [0.29, 0.717) is 0 Å². The van der Waals surface area contributed by atoms with Crippen LogP contribution in [0.2, 0.25) is 0 Å². The van der Waals surface area contributed by atoms with E-state index in [1.807, 2.05) is 35.1 Å². The standard InChI is InChI=1S/C10H10N2.ClH/c1-2-5-10(6-3-1)9-12-8-4-7-11-12;/h1-8H,9H2;1H. The molecular weight excluding hydrogens is 184 g/mol. The van der Waals surface area contributed by atoms with Crippen LogP contribution in [0.5, 0.6) is 0 Å². The number of nitrogens with zero attached hydrogens (tertiary/aromatic N) is 2. The maximum absolute atomic E-state index is 4.13. The van der Waals surface area contributed by atoms with Crippen molar-refractivity contribution in [2.75, 3.05) is 0 Å². The predicted molar refractivity (Wildman–Crippen MR) is 55.0 cm³/mol. The summed E-state index contributed by atoms with van der Waals surface area (Å²) in [5.74, 6) is 0. The van der Waals surface area contributed by atoms with Crippen molar-refractivity contribution in [3.05, 3.63) is 54.4 Å². The highest BCUT2D eigenvalue weighted by Crippen LogP contribution is 2.00. The molecule has 68 valence electrons. The monoisotopic (exact) mass is 194 g/mol. The first-order valence-corrected chi connectivity index (χ1v) is 3.96. The largest absolute Gasteiger partial charge is 0.268 e. The van der Waals surface area contributed by atoms with Crippen molar-refractivity contribution in [1.82, 2.24) is 9.78 Å². The highest BCUT2D eigenvalue weighted by atomic mass is 35.5. The summed E-state index contributed by atoms with van der Waals surface area (Å²) in [7, 11) is 0. The van der Waals surface area contributed by atoms with E-state index in [9.17, 15) is 0 Å². The number of halogens is 1. The fraction of sp³-hybridized carbons (Fsp3) is 0.100. The first kappa shape index (κ1) is 9.81. The predicted octanol–water partition coefficient (Wildman–Crippen LogP) is 2.35. The fourth-order valence-corrected chi connectivity index (χ4v) is 1.16. The summed E-state index contributed by atoms with van der Waals surface area (Å²) in [4.78, 5) is 0. The molecule has 0 aliphatic rings. The average molecular weight is 195 g/mol. The Hall–Kier alpha value is -1.28. The van der Waals surface area contributed by atoms with Gasteiger partial charge in [-0.1, -0.05) is 30.3 Å². The average Bonchev–Trinajstić information content (AvgIpc) is 2.59. The summed E-state index contributed by atoms with van der Waals surface area (Å²) in [5, 5.41) is 4.13. The minimum absolute atomic E-state index is 0. The van der Waals surface area contributed by atoms with Gasteiger partial charge in [-0.3, -0.25) is 4.68 Å². The quantitative estimate of drug-likeness (QED) is 0.718. The summed E-state index contributed by atoms with van der Waals surface area (Å²) >= 11 is 0. The highest BCUT2D eigenvalue weighted by molar-refractivity contribution is 5.85. The van der Waals surface area contributed by atoms with Crippen molar-refractivity contribution in [2.24, 2.45) is 0 Å². The molecule has 1 aromatic heterocycles. The second kappa shape index (κ2) is 4.67. The van der Waals surface area contributed by atoms with Crippen LogP contribution < -0.4 is 0 Å². The molecule has 0 N–H and O–H groups in total. The van der Waals surface area contributed by atoms with Gasteiger partial charge in [-0.25, -0.2) is 0 Å². The number of rotatable bonds is 2. The molecule has 2 aromatic rings. The van der Waals surface area contributed by atoms with Gasteiger partial charge in [-0.15, -0.1) is 12.4 Å². The second-order valence-corrected chi connectivity index (χ2v) is 2.69. The van der Waals surface area contributed by atoms with Crippen LogP contribution in [0.25, 0.3) is 0 Å². The maximum Gasteiger partial charge on any atom is 0.0659 e. The minimum atomic E-state index is 0. The number of aromatic nitrogens is 2. The number of benzene rings is 1. The molecule has 0 unspecified atom stereocenters. The second-order valence-electron chi connectivity index (χ2n) is 2.69. The van der Waals surface area contributed by atoms with Gasteiger partial charge in [0, 0.05) is 12.4 Å². The molecule has 0 atom stereocenters. The molecule has 0 bridgehead atoms. The topological polar surface area (TPSA) is 17.8 Å². The lowest BCUT2D eigenvalue weighted by Crippen LogP contribution is -1.98. The van der Waals surface area contributed by atoms with E-state index >= 15 is 0 Å². The van der Waals surface area contributed by atoms with Crippen LogP contribution in [0.3, 0.4) is 0 Å². The molecule has 0 aliphatic heterocycles. The van der Waals surface area contributed by atoms with Crippen LogP contribution in [0.1, 0.15) is 5.56 Å². The third-order valence-corrected chi connectivity index (χ3v) is 1.75. The third-order valence-electron chi connectivity index (χ3n) is 1.75. The van der Waals surface area contributed by atoms with Crippen LogP contribution >= 0.6 is 12.4 Å². The summed E-state index contributed by atoms with van der Waals surface area (Å²) in [6.45, 7) is 0.855. The zero-order valence-corrected chi connectivity index (χ0v) is 7.95. The molecular formula is C10H11ClN2. The van der Waals surface area contributed by atoms with E-state index in [4.69, 9.17) is 0 Å². The van der Waals surface area contributed by atoms with Gasteiger partial charge < -0.3 is 0 Å². The molecule has 0 fully saturated rings. The van der Waals surface area contributed by atoms with Crippen molar-refractivity contribution in [3.8, 4) is 0 Å². The first-order chi connectivity index (χ1) is 5.95. The van der Waals surface area contributed by atoms with Crippen molar-refractivity contribution >= 4 is 12.4 Å². The summed E-state index contributed by atoms with van der Waals surface area (Å²) < 4.78 is 1.91. The summed E-state index contributed by atoms with van der Waals surface area (Å²) in [5.41, 5.74) is 1.28. The first-order valence-electron chi connectivity index (χ1n) is 3.96. The Kier molecular flexibility index (Phi) is 3.53. The van der Waals surface area contributed by atoms with E-state index in [1.165, 1.54) is 5.56 Å². The molecule has 3 heteroatoms. The van der Waals surface area contributed by atoms with Gasteiger partial charge in [0.25, 0.3) is 0 Å². The Morgan fingerprint density at radius 1 is 1.08 bits per heavy atom. The van der Waals surface area contributed by atoms with Gasteiger partial charge >= 0.3 is 0 Å². The molecule has 13 heavy (non-hydrogen) atoms. The van der Waals surface area contributed by atoms with Crippen molar-refractivity contribution < 1.29 is 0 Å². The Labute approximate surface area is 83.6 Å². The Morgan fingerprint density at radius 3 is 2.46 bits per heavy atom. The van der Waals surface area contributed by atoms with Gasteiger partial charge in [0.15, 0.2) is 0 Å². The van der Waals surface area contributed by atoms with Crippen molar-refractivity contribution in [1.29, 1.82) is 0 Å². The number of hydrogen-bond acceptors (Lipinski definition) is 1. The lowest BCUT2D eigenvalue weighted by Gasteiger charge is -1.99. The lowest BCUT2D eigenvalue weighted by molar-refractivity contribution is 0.687. The lowest BCUT2D eigenvalue weighted by atomic mass is 10.2. The van der Waals surface area contributed by atoms with Crippen LogP contribution in [0, 0.1) is 0 Å². The molecule has 0 radical (unpaired) electrons. The van der Waals surface area contributed by atoms with Crippen LogP contribution in [-0.2, 0) is 6.54 Å². The van der Waals surface area contributed by atoms with Gasteiger partial charge in [-0.2, -0.15) is 5.10 Å². The fourth-order valence-electron chi connectivity index (χ4n) is 1.16. The van der Waals surface area contributed by atoms with E-state index in [0.717, 1.165) is 6.54 Å². The molecule has 0 saturated heterocycles. The zero-order valence-electron chi connectivity index (χ0n) is 7.13. The molecule has 0 saturated carbocycles. The molecule has 1 heterocycles. The van der Waals surface area contributed by atoms with Gasteiger partial charge in [0.1, 0.15) is 0 Å². The molecule has 2 nitrogen and oxygen atoms in total. The number of hydrogen-bond donors (Lipinski definition) is 0. The highest BCUT2D eigenvalue weighted by Gasteiger charge is 1.91. The zero-order chi connectivity index (χ0) is 8.23. The third kappa shape index (κ3) is 2.60. The minimum Gasteiger partial charge on any atom is -0.268 e. The molecule has 0 amide bonds. The maximum atomic E-state index is 4.13. The van der Waals surface area contributed by atoms with Gasteiger partial charge in [-0.05, 0) is 11.6 Å². The Balaban J connectivity index is 0.000000845. The van der Waals surface area contributed by atoms with Crippen LogP contribution in [0.4, 0.5) is 0 Å². The van der Waals surface area contributed by atoms with Crippen LogP contribution in [0.15, 0.2) is 48.8 Å². The van der Waals surface area contributed by atoms with E-state index in [-0.39, 0.29) is 12.4 Å². The summed E-state index contributed by atoms with van der Waals surface area (Å²) in [6.07, 6.45) is 3.76. The molecule has 0 spiro atoms.